The van der Waals surface area contributed by atoms with Crippen molar-refractivity contribution in [2.75, 3.05) is 18.8 Å². The van der Waals surface area contributed by atoms with E-state index in [0.29, 0.717) is 11.8 Å². The molecular formula is C15H25IN4O2S2. The van der Waals surface area contributed by atoms with Gasteiger partial charge in [0.25, 0.3) is 0 Å². The Morgan fingerprint density at radius 3 is 2.58 bits per heavy atom. The largest absolute Gasteiger partial charge is 0.357 e. The summed E-state index contributed by atoms with van der Waals surface area (Å²) in [5.41, 5.74) is 0.935. The van der Waals surface area contributed by atoms with Gasteiger partial charge in [-0.25, -0.2) is 18.5 Å². The second-order valence-corrected chi connectivity index (χ2v) is 8.37. The Morgan fingerprint density at radius 2 is 2.04 bits per heavy atom. The third kappa shape index (κ3) is 7.16. The molecule has 1 saturated heterocycles. The zero-order valence-electron chi connectivity index (χ0n) is 13.7. The Morgan fingerprint density at radius 1 is 1.33 bits per heavy atom. The number of benzene rings is 1. The maximum Gasteiger partial charge on any atom is 0.238 e. The lowest BCUT2D eigenvalue weighted by molar-refractivity contribution is 0.598. The Labute approximate surface area is 165 Å². The number of rotatable bonds is 6. The number of hydrogen-bond acceptors (Lipinski definition) is 4. The molecular weight excluding hydrogens is 459 g/mol. The van der Waals surface area contributed by atoms with E-state index in [4.69, 9.17) is 5.14 Å². The quantitative estimate of drug-likeness (QED) is 0.326. The molecule has 0 saturated carbocycles. The maximum absolute atomic E-state index is 11.2. The van der Waals surface area contributed by atoms with Gasteiger partial charge >= 0.3 is 0 Å². The van der Waals surface area contributed by atoms with Crippen LogP contribution in [0.2, 0.25) is 0 Å². The normalized spacial score (nSPS) is 18.1. The third-order valence-corrected chi connectivity index (χ3v) is 5.86. The summed E-state index contributed by atoms with van der Waals surface area (Å²) in [6, 6.07) is 6.49. The number of primary sulfonamides is 1. The van der Waals surface area contributed by atoms with Crippen LogP contribution >= 0.6 is 35.7 Å². The van der Waals surface area contributed by atoms with Gasteiger partial charge in [-0.1, -0.05) is 12.1 Å². The first-order chi connectivity index (χ1) is 11.0. The minimum absolute atomic E-state index is 0. The summed E-state index contributed by atoms with van der Waals surface area (Å²) in [7, 11) is -3.64. The molecule has 24 heavy (non-hydrogen) atoms. The summed E-state index contributed by atoms with van der Waals surface area (Å²) in [5, 5.41) is 12.3. The lowest BCUT2D eigenvalue weighted by atomic mass is 10.2. The van der Waals surface area contributed by atoms with E-state index in [1.165, 1.54) is 30.7 Å². The van der Waals surface area contributed by atoms with Crippen molar-refractivity contribution in [1.29, 1.82) is 0 Å². The number of guanidine groups is 1. The first-order valence-electron chi connectivity index (χ1n) is 7.74. The molecule has 1 unspecified atom stereocenters. The molecule has 136 valence electrons. The van der Waals surface area contributed by atoms with E-state index in [0.717, 1.165) is 24.6 Å². The van der Waals surface area contributed by atoms with Crippen LogP contribution in [0.25, 0.3) is 0 Å². The van der Waals surface area contributed by atoms with Crippen molar-refractivity contribution < 1.29 is 8.42 Å². The highest BCUT2D eigenvalue weighted by atomic mass is 127. The van der Waals surface area contributed by atoms with Gasteiger partial charge in [-0.05, 0) is 43.2 Å². The molecule has 6 nitrogen and oxygen atoms in total. The molecule has 1 aromatic rings. The van der Waals surface area contributed by atoms with Gasteiger partial charge in [-0.15, -0.1) is 24.0 Å². The van der Waals surface area contributed by atoms with Gasteiger partial charge in [0.05, 0.1) is 11.4 Å². The van der Waals surface area contributed by atoms with Crippen LogP contribution in [0.1, 0.15) is 25.3 Å². The van der Waals surface area contributed by atoms with Crippen LogP contribution < -0.4 is 15.8 Å². The fourth-order valence-electron chi connectivity index (χ4n) is 2.31. The average molecular weight is 484 g/mol. The van der Waals surface area contributed by atoms with Crippen molar-refractivity contribution >= 4 is 51.7 Å². The highest BCUT2D eigenvalue weighted by Crippen LogP contribution is 2.25. The van der Waals surface area contributed by atoms with E-state index in [-0.39, 0.29) is 28.9 Å². The smallest absolute Gasteiger partial charge is 0.238 e. The topological polar surface area (TPSA) is 96.6 Å². The monoisotopic (exact) mass is 484 g/mol. The molecule has 4 N–H and O–H groups in total. The number of hydrogen-bond donors (Lipinski definition) is 3. The maximum atomic E-state index is 11.2. The lowest BCUT2D eigenvalue weighted by Gasteiger charge is -2.14. The predicted octanol–water partition coefficient (Wildman–Crippen LogP) is 1.90. The third-order valence-electron chi connectivity index (χ3n) is 3.54. The molecule has 1 fully saturated rings. The van der Waals surface area contributed by atoms with E-state index < -0.39 is 10.0 Å². The minimum atomic E-state index is -3.64. The standard InChI is InChI=1S/C15H24N4O2S2.HI/c1-2-17-15(19-11-13-4-3-9-22-13)18-10-12-5-7-14(8-6-12)23(16,20)21;/h5-8,13H,2-4,9-11H2,1H3,(H2,16,20,21)(H2,17,18,19);1H. The van der Waals surface area contributed by atoms with Crippen LogP contribution in [-0.2, 0) is 16.6 Å². The highest BCUT2D eigenvalue weighted by Gasteiger charge is 2.15. The number of aliphatic imine (C=N–C) groups is 1. The van der Waals surface area contributed by atoms with Crippen LogP contribution in [0.15, 0.2) is 34.2 Å². The van der Waals surface area contributed by atoms with Crippen molar-refractivity contribution in [3.63, 3.8) is 0 Å². The number of sulfonamides is 1. The molecule has 0 spiro atoms. The van der Waals surface area contributed by atoms with E-state index in [1.807, 2.05) is 18.7 Å². The Balaban J connectivity index is 0.00000288. The van der Waals surface area contributed by atoms with Crippen LogP contribution in [0, 0.1) is 0 Å². The van der Waals surface area contributed by atoms with Crippen molar-refractivity contribution in [3.05, 3.63) is 29.8 Å². The van der Waals surface area contributed by atoms with Gasteiger partial charge in [0.15, 0.2) is 5.96 Å². The zero-order valence-corrected chi connectivity index (χ0v) is 17.7. The zero-order chi connectivity index (χ0) is 16.7. The molecule has 0 bridgehead atoms. The summed E-state index contributed by atoms with van der Waals surface area (Å²) >= 11 is 2.01. The average Bonchev–Trinajstić information content (AvgIpc) is 3.03. The molecule has 9 heteroatoms. The summed E-state index contributed by atoms with van der Waals surface area (Å²) in [6.07, 6.45) is 2.55. The molecule has 0 aromatic heterocycles. The predicted molar refractivity (Wildman–Crippen MR) is 112 cm³/mol. The second-order valence-electron chi connectivity index (χ2n) is 5.40. The Kier molecular flexibility index (Phi) is 9.39. The van der Waals surface area contributed by atoms with Gasteiger partial charge in [0.2, 0.25) is 10.0 Å². The first-order valence-corrected chi connectivity index (χ1v) is 10.3. The van der Waals surface area contributed by atoms with E-state index >= 15 is 0 Å². The van der Waals surface area contributed by atoms with E-state index in [9.17, 15) is 8.42 Å². The van der Waals surface area contributed by atoms with E-state index in [1.54, 1.807) is 12.1 Å². The highest BCUT2D eigenvalue weighted by molar-refractivity contribution is 14.0. The molecule has 1 heterocycles. The Bertz CT molecular complexity index is 629. The summed E-state index contributed by atoms with van der Waals surface area (Å²) in [5.74, 6) is 2.03. The fraction of sp³-hybridized carbons (Fsp3) is 0.533. The SMILES string of the molecule is CCNC(=NCc1ccc(S(N)(=O)=O)cc1)NCC1CCCS1.I. The first kappa shape index (κ1) is 21.5. The van der Waals surface area contributed by atoms with Gasteiger partial charge < -0.3 is 10.6 Å². The molecule has 0 amide bonds. The fourth-order valence-corrected chi connectivity index (χ4v) is 4.03. The molecule has 2 rings (SSSR count). The molecule has 1 aliphatic heterocycles. The molecule has 1 atom stereocenters. The molecule has 1 aromatic carbocycles. The minimum Gasteiger partial charge on any atom is -0.357 e. The molecule has 0 radical (unpaired) electrons. The number of halogens is 1. The van der Waals surface area contributed by atoms with Crippen LogP contribution in [0.5, 0.6) is 0 Å². The summed E-state index contributed by atoms with van der Waals surface area (Å²) in [6.45, 7) is 4.23. The number of thioether (sulfide) groups is 1. The van der Waals surface area contributed by atoms with Crippen molar-refractivity contribution in [2.45, 2.75) is 36.5 Å². The van der Waals surface area contributed by atoms with Crippen LogP contribution in [-0.4, -0.2) is 38.5 Å². The van der Waals surface area contributed by atoms with Crippen LogP contribution in [0.4, 0.5) is 0 Å². The Hall–Kier alpha value is -0.520. The number of nitrogens with zero attached hydrogens (tertiary/aromatic N) is 1. The second kappa shape index (κ2) is 10.5. The lowest BCUT2D eigenvalue weighted by Crippen LogP contribution is -2.40. The van der Waals surface area contributed by atoms with Crippen molar-refractivity contribution in [2.24, 2.45) is 10.1 Å². The summed E-state index contributed by atoms with van der Waals surface area (Å²) < 4.78 is 22.5. The van der Waals surface area contributed by atoms with Crippen molar-refractivity contribution in [3.8, 4) is 0 Å². The summed E-state index contributed by atoms with van der Waals surface area (Å²) in [4.78, 5) is 4.66. The molecule has 1 aliphatic rings. The van der Waals surface area contributed by atoms with Crippen molar-refractivity contribution in [1.82, 2.24) is 10.6 Å². The van der Waals surface area contributed by atoms with Crippen LogP contribution in [0.3, 0.4) is 0 Å². The van der Waals surface area contributed by atoms with Gasteiger partial charge in [-0.3, -0.25) is 0 Å². The van der Waals surface area contributed by atoms with Gasteiger partial charge in [-0.2, -0.15) is 11.8 Å². The van der Waals surface area contributed by atoms with Gasteiger partial charge in [0, 0.05) is 18.3 Å². The molecule has 0 aliphatic carbocycles. The number of nitrogens with two attached hydrogens (primary N) is 1. The number of nitrogens with one attached hydrogen (secondary N) is 2. The van der Waals surface area contributed by atoms with Gasteiger partial charge in [0.1, 0.15) is 0 Å². The van der Waals surface area contributed by atoms with E-state index in [2.05, 4.69) is 15.6 Å².